The monoisotopic (exact) mass is 548 g/mol. The van der Waals surface area contributed by atoms with E-state index in [-0.39, 0.29) is 22.9 Å². The molecule has 0 saturated carbocycles. The lowest BCUT2D eigenvalue weighted by Gasteiger charge is -2.07. The van der Waals surface area contributed by atoms with Gasteiger partial charge in [-0.25, -0.2) is 0 Å². The molecule has 10 nitrogen and oxygen atoms in total. The van der Waals surface area contributed by atoms with Crippen molar-refractivity contribution in [2.75, 3.05) is 0 Å². The number of aromatic hydroxyl groups is 2. The Morgan fingerprint density at radius 1 is 0.634 bits per heavy atom. The lowest BCUT2D eigenvalue weighted by Crippen LogP contribution is -1.90. The molecule has 2 N–H and O–H groups in total. The van der Waals surface area contributed by atoms with E-state index in [9.17, 15) is 30.4 Å². The Morgan fingerprint density at radius 3 is 1.46 bits per heavy atom. The third-order valence-electron chi connectivity index (χ3n) is 5.91. The largest absolute Gasteiger partial charge is 0.506 e. The number of rotatable bonds is 10. The fourth-order valence-electron chi connectivity index (χ4n) is 3.93. The van der Waals surface area contributed by atoms with Crippen molar-refractivity contribution in [3.05, 3.63) is 140 Å². The zero-order chi connectivity index (χ0) is 29.2. The van der Waals surface area contributed by atoms with Gasteiger partial charge in [0, 0.05) is 24.6 Å². The molecule has 0 unspecified atom stereocenters. The van der Waals surface area contributed by atoms with Crippen molar-refractivity contribution in [2.24, 2.45) is 9.98 Å². The van der Waals surface area contributed by atoms with Crippen LogP contribution in [0, 0.1) is 20.2 Å². The first kappa shape index (κ1) is 28.1. The van der Waals surface area contributed by atoms with E-state index in [2.05, 4.69) is 9.98 Å². The second kappa shape index (κ2) is 13.3. The quantitative estimate of drug-likeness (QED) is 0.120. The van der Waals surface area contributed by atoms with Gasteiger partial charge in [0.05, 0.1) is 21.0 Å². The highest BCUT2D eigenvalue weighted by atomic mass is 16.6. The molecule has 4 rings (SSSR count). The summed E-state index contributed by atoms with van der Waals surface area (Å²) in [5.74, 6) is -0.0453. The van der Waals surface area contributed by atoms with Crippen LogP contribution in [0.25, 0.3) is 12.2 Å². The Balaban J connectivity index is 1.46. The van der Waals surface area contributed by atoms with Crippen molar-refractivity contribution in [2.45, 2.75) is 6.42 Å². The normalized spacial score (nSPS) is 11.7. The number of hydrogen-bond donors (Lipinski definition) is 2. The van der Waals surface area contributed by atoms with Crippen LogP contribution in [0.5, 0.6) is 11.5 Å². The second-order valence-corrected chi connectivity index (χ2v) is 8.73. The van der Waals surface area contributed by atoms with Gasteiger partial charge in [0.25, 0.3) is 11.4 Å². The van der Waals surface area contributed by atoms with E-state index in [0.717, 1.165) is 11.1 Å². The maximum absolute atomic E-state index is 11.2. The van der Waals surface area contributed by atoms with E-state index in [4.69, 9.17) is 0 Å². The highest BCUT2D eigenvalue weighted by molar-refractivity contribution is 5.83. The van der Waals surface area contributed by atoms with Gasteiger partial charge < -0.3 is 10.2 Å². The molecule has 0 atom stereocenters. The fraction of sp³-hybridized carbons (Fsp3) is 0.0323. The Hall–Kier alpha value is -5.90. The molecular weight excluding hydrogens is 524 g/mol. The third-order valence-corrected chi connectivity index (χ3v) is 5.91. The number of para-hydroxylation sites is 2. The van der Waals surface area contributed by atoms with Crippen molar-refractivity contribution < 1.29 is 20.1 Å². The molecule has 0 aliphatic rings. The molecule has 41 heavy (non-hydrogen) atoms. The summed E-state index contributed by atoms with van der Waals surface area (Å²) in [4.78, 5) is 30.0. The molecule has 4 aromatic carbocycles. The van der Waals surface area contributed by atoms with Crippen LogP contribution in [0.15, 0.2) is 107 Å². The van der Waals surface area contributed by atoms with Crippen molar-refractivity contribution in [3.8, 4) is 11.5 Å². The molecule has 10 heteroatoms. The summed E-state index contributed by atoms with van der Waals surface area (Å²) in [5, 5.41) is 42.8. The Bertz CT molecular complexity index is 1580. The first-order valence-corrected chi connectivity index (χ1v) is 12.3. The number of nitrogens with zero attached hydrogens (tertiary/aromatic N) is 4. The van der Waals surface area contributed by atoms with Gasteiger partial charge in [-0.1, -0.05) is 36.4 Å². The summed E-state index contributed by atoms with van der Waals surface area (Å²) in [6.07, 6.45) is 9.60. The zero-order valence-electron chi connectivity index (χ0n) is 21.6. The van der Waals surface area contributed by atoms with Gasteiger partial charge in [0.1, 0.15) is 22.9 Å². The van der Waals surface area contributed by atoms with Crippen LogP contribution in [-0.4, -0.2) is 32.5 Å². The summed E-state index contributed by atoms with van der Waals surface area (Å²) in [6, 6.07) is 22.7. The van der Waals surface area contributed by atoms with Crippen LogP contribution in [0.3, 0.4) is 0 Å². The van der Waals surface area contributed by atoms with Crippen LogP contribution >= 0.6 is 0 Å². The van der Waals surface area contributed by atoms with Crippen LogP contribution < -0.4 is 0 Å². The third kappa shape index (κ3) is 7.58. The van der Waals surface area contributed by atoms with Crippen molar-refractivity contribution in [1.29, 1.82) is 0 Å². The van der Waals surface area contributed by atoms with Gasteiger partial charge in [0.2, 0.25) is 0 Å². The number of phenols is 2. The first-order chi connectivity index (χ1) is 19.8. The molecule has 0 aromatic heterocycles. The number of aliphatic imine (C=N–C) groups is 2. The van der Waals surface area contributed by atoms with Crippen LogP contribution in [0.1, 0.15) is 22.3 Å². The smallest absolute Gasteiger partial charge is 0.276 e. The van der Waals surface area contributed by atoms with E-state index in [0.29, 0.717) is 28.9 Å². The zero-order valence-corrected chi connectivity index (χ0v) is 21.6. The number of benzene rings is 4. The maximum atomic E-state index is 11.2. The summed E-state index contributed by atoms with van der Waals surface area (Å²) >= 11 is 0. The predicted octanol–water partition coefficient (Wildman–Crippen LogP) is 7.34. The van der Waals surface area contributed by atoms with Gasteiger partial charge in [0.15, 0.2) is 0 Å². The lowest BCUT2D eigenvalue weighted by atomic mass is 10.0. The summed E-state index contributed by atoms with van der Waals surface area (Å²) in [5.41, 5.74) is 3.17. The molecule has 0 spiro atoms. The number of hydrogen-bond acceptors (Lipinski definition) is 8. The average molecular weight is 549 g/mol. The maximum Gasteiger partial charge on any atom is 0.276 e. The minimum Gasteiger partial charge on any atom is -0.506 e. The van der Waals surface area contributed by atoms with Crippen molar-refractivity contribution in [1.82, 2.24) is 0 Å². The molecule has 0 radical (unpaired) electrons. The molecule has 0 heterocycles. The van der Waals surface area contributed by atoms with Crippen LogP contribution in [0.4, 0.5) is 22.7 Å². The van der Waals surface area contributed by atoms with E-state index in [1.807, 2.05) is 0 Å². The summed E-state index contributed by atoms with van der Waals surface area (Å²) in [6.45, 7) is 0. The Morgan fingerprint density at radius 2 is 1.05 bits per heavy atom. The van der Waals surface area contributed by atoms with E-state index >= 15 is 0 Å². The minimum atomic E-state index is -0.457. The van der Waals surface area contributed by atoms with Crippen LogP contribution in [-0.2, 0) is 6.42 Å². The molecule has 0 amide bonds. The standard InChI is InChI=1S/C31H24N4O6/c36-30-15-13-22(20-26(30)32-17-5-9-24-7-1-3-11-28(24)34(38)39)19-23-14-16-31(37)27(21-23)33-18-6-10-25-8-2-4-12-29(25)35(40)41/h1-18,20-21,36-37H,19H2. The number of phenolic OH excluding ortho intramolecular Hbond substituents is 2. The van der Waals surface area contributed by atoms with Crippen LogP contribution in [0.2, 0.25) is 0 Å². The predicted molar refractivity (Wildman–Crippen MR) is 160 cm³/mol. The average Bonchev–Trinajstić information content (AvgIpc) is 2.96. The molecule has 0 fully saturated rings. The van der Waals surface area contributed by atoms with Gasteiger partial charge >= 0.3 is 0 Å². The molecule has 0 aliphatic carbocycles. The highest BCUT2D eigenvalue weighted by Crippen LogP contribution is 2.31. The molecule has 0 bridgehead atoms. The summed E-state index contributed by atoms with van der Waals surface area (Å²) < 4.78 is 0. The number of nitro benzene ring substituents is 2. The molecular formula is C31H24N4O6. The van der Waals surface area contributed by atoms with Crippen molar-refractivity contribution in [3.63, 3.8) is 0 Å². The van der Waals surface area contributed by atoms with Gasteiger partial charge in [-0.15, -0.1) is 0 Å². The van der Waals surface area contributed by atoms with Crippen molar-refractivity contribution >= 4 is 47.3 Å². The minimum absolute atomic E-state index is 0.0178. The Labute approximate surface area is 234 Å². The van der Waals surface area contributed by atoms with E-state index in [1.165, 1.54) is 36.7 Å². The molecule has 0 aliphatic heterocycles. The van der Waals surface area contributed by atoms with Gasteiger partial charge in [-0.2, -0.15) is 0 Å². The molecule has 0 saturated heterocycles. The SMILES string of the molecule is O=[N+]([O-])c1ccccc1C=CC=Nc1cc(Cc2ccc(O)c(N=CC=Cc3ccccc3[N+](=O)[O-])c2)ccc1O. The summed E-state index contributed by atoms with van der Waals surface area (Å²) in [7, 11) is 0. The topological polar surface area (TPSA) is 151 Å². The number of allylic oxidation sites excluding steroid dienone is 2. The van der Waals surface area contributed by atoms with E-state index in [1.54, 1.807) is 85.0 Å². The van der Waals surface area contributed by atoms with E-state index < -0.39 is 9.85 Å². The van der Waals surface area contributed by atoms with Gasteiger partial charge in [-0.05, 0) is 78.3 Å². The molecule has 4 aromatic rings. The molecule has 204 valence electrons. The number of nitro groups is 2. The fourth-order valence-corrected chi connectivity index (χ4v) is 3.93. The highest BCUT2D eigenvalue weighted by Gasteiger charge is 2.10. The first-order valence-electron chi connectivity index (χ1n) is 12.3. The second-order valence-electron chi connectivity index (χ2n) is 8.73. The van der Waals surface area contributed by atoms with Gasteiger partial charge in [-0.3, -0.25) is 30.2 Å². The lowest BCUT2D eigenvalue weighted by molar-refractivity contribution is -0.385. The Kier molecular flexibility index (Phi) is 9.09.